The van der Waals surface area contributed by atoms with Gasteiger partial charge in [-0.2, -0.15) is 0 Å². The molecule has 0 aromatic rings. The van der Waals surface area contributed by atoms with Crippen molar-refractivity contribution in [2.24, 2.45) is 11.8 Å². The molecule has 0 radical (unpaired) electrons. The molecule has 1 atom stereocenters. The smallest absolute Gasteiger partial charge is 0.142 e. The summed E-state index contributed by atoms with van der Waals surface area (Å²) in [7, 11) is 0. The predicted molar refractivity (Wildman–Crippen MR) is 53.1 cm³/mol. The van der Waals surface area contributed by atoms with Crippen LogP contribution in [0, 0.1) is 11.8 Å². The lowest BCUT2D eigenvalue weighted by atomic mass is 9.97. The van der Waals surface area contributed by atoms with Crippen LogP contribution in [0.3, 0.4) is 0 Å². The topological polar surface area (TPSA) is 17.1 Å². The maximum atomic E-state index is 9.97. The first-order valence-corrected chi connectivity index (χ1v) is 4.77. The highest BCUT2D eigenvalue weighted by molar-refractivity contribution is 5.64. The van der Waals surface area contributed by atoms with Crippen LogP contribution in [-0.4, -0.2) is 6.29 Å². The van der Waals surface area contributed by atoms with Crippen LogP contribution in [0.25, 0.3) is 0 Å². The molecule has 0 saturated heterocycles. The van der Waals surface area contributed by atoms with Crippen LogP contribution in [0.2, 0.25) is 0 Å². The summed E-state index contributed by atoms with van der Waals surface area (Å²) in [6.07, 6.45) is 7.97. The van der Waals surface area contributed by atoms with Gasteiger partial charge in [0.2, 0.25) is 0 Å². The third kappa shape index (κ3) is 7.52. The van der Waals surface area contributed by atoms with Crippen LogP contribution in [0.1, 0.15) is 40.0 Å². The molecular formula is C11H20O. The minimum absolute atomic E-state index is 0.712. The molecule has 0 amide bonds. The molecule has 0 fully saturated rings. The van der Waals surface area contributed by atoms with Gasteiger partial charge in [-0.25, -0.2) is 0 Å². The molecule has 0 aliphatic rings. The van der Waals surface area contributed by atoms with E-state index in [2.05, 4.69) is 20.8 Å². The average molecular weight is 168 g/mol. The Morgan fingerprint density at radius 2 is 1.83 bits per heavy atom. The van der Waals surface area contributed by atoms with Gasteiger partial charge in [0.25, 0.3) is 0 Å². The molecule has 0 aromatic heterocycles. The molecule has 12 heavy (non-hydrogen) atoms. The van der Waals surface area contributed by atoms with Gasteiger partial charge in [0, 0.05) is 0 Å². The second kappa shape index (κ2) is 7.08. The minimum Gasteiger partial charge on any atom is -0.299 e. The Bertz CT molecular complexity index is 136. The van der Waals surface area contributed by atoms with Crippen molar-refractivity contribution in [1.29, 1.82) is 0 Å². The van der Waals surface area contributed by atoms with Gasteiger partial charge in [0.05, 0.1) is 0 Å². The Balaban J connectivity index is 3.39. The predicted octanol–water partition coefficient (Wildman–Crippen LogP) is 3.20. The van der Waals surface area contributed by atoms with Gasteiger partial charge >= 0.3 is 0 Å². The summed E-state index contributed by atoms with van der Waals surface area (Å²) >= 11 is 0. The summed E-state index contributed by atoms with van der Waals surface area (Å²) in [5.74, 6) is 1.51. The fourth-order valence-electron chi connectivity index (χ4n) is 1.10. The van der Waals surface area contributed by atoms with Crippen LogP contribution in [0.4, 0.5) is 0 Å². The van der Waals surface area contributed by atoms with Crippen LogP contribution < -0.4 is 0 Å². The third-order valence-corrected chi connectivity index (χ3v) is 1.99. The van der Waals surface area contributed by atoms with E-state index in [1.807, 2.05) is 6.08 Å². The van der Waals surface area contributed by atoms with Crippen molar-refractivity contribution in [3.8, 4) is 0 Å². The van der Waals surface area contributed by atoms with Crippen molar-refractivity contribution >= 4 is 6.29 Å². The van der Waals surface area contributed by atoms with Gasteiger partial charge < -0.3 is 0 Å². The third-order valence-electron chi connectivity index (χ3n) is 1.99. The number of hydrogen-bond donors (Lipinski definition) is 0. The van der Waals surface area contributed by atoms with E-state index in [-0.39, 0.29) is 0 Å². The molecule has 1 unspecified atom stereocenters. The zero-order chi connectivity index (χ0) is 9.40. The lowest BCUT2D eigenvalue weighted by molar-refractivity contribution is -0.104. The summed E-state index contributed by atoms with van der Waals surface area (Å²) in [5.41, 5.74) is 0. The molecular weight excluding hydrogens is 148 g/mol. The van der Waals surface area contributed by atoms with E-state index in [9.17, 15) is 4.79 Å². The van der Waals surface area contributed by atoms with Crippen molar-refractivity contribution in [2.75, 3.05) is 0 Å². The number of carbonyl (C=O) groups excluding carboxylic acids is 1. The number of hydrogen-bond acceptors (Lipinski definition) is 1. The van der Waals surface area contributed by atoms with Gasteiger partial charge in [-0.3, -0.25) is 4.79 Å². The molecule has 0 N–H and O–H groups in total. The highest BCUT2D eigenvalue weighted by Crippen LogP contribution is 2.14. The minimum atomic E-state index is 0.712. The first-order valence-electron chi connectivity index (χ1n) is 4.77. The molecule has 0 spiro atoms. The highest BCUT2D eigenvalue weighted by atomic mass is 16.1. The fourth-order valence-corrected chi connectivity index (χ4v) is 1.10. The SMILES string of the molecule is CC(C)CCC(C)CC=CC=O. The van der Waals surface area contributed by atoms with Crippen molar-refractivity contribution in [3.63, 3.8) is 0 Å². The zero-order valence-electron chi connectivity index (χ0n) is 8.42. The normalized spacial score (nSPS) is 14.0. The van der Waals surface area contributed by atoms with Gasteiger partial charge in [-0.15, -0.1) is 0 Å². The number of allylic oxidation sites excluding steroid dienone is 2. The van der Waals surface area contributed by atoms with Crippen LogP contribution in [0.15, 0.2) is 12.2 Å². The maximum Gasteiger partial charge on any atom is 0.142 e. The summed E-state index contributed by atoms with van der Waals surface area (Å²) in [4.78, 5) is 9.97. The Morgan fingerprint density at radius 1 is 1.17 bits per heavy atom. The Labute approximate surface area is 75.9 Å². The maximum absolute atomic E-state index is 9.97. The molecule has 0 saturated carbocycles. The number of rotatable bonds is 6. The monoisotopic (exact) mass is 168 g/mol. The molecule has 0 heterocycles. The van der Waals surface area contributed by atoms with E-state index in [1.165, 1.54) is 12.8 Å². The van der Waals surface area contributed by atoms with Crippen molar-refractivity contribution in [3.05, 3.63) is 12.2 Å². The molecule has 1 nitrogen and oxygen atoms in total. The summed E-state index contributed by atoms with van der Waals surface area (Å²) < 4.78 is 0. The summed E-state index contributed by atoms with van der Waals surface area (Å²) in [6, 6.07) is 0. The Hall–Kier alpha value is -0.590. The number of carbonyl (C=O) groups is 1. The molecule has 0 rings (SSSR count). The van der Waals surface area contributed by atoms with E-state index >= 15 is 0 Å². The molecule has 1 heteroatoms. The average Bonchev–Trinajstić information content (AvgIpc) is 2.01. The second-order valence-electron chi connectivity index (χ2n) is 3.88. The van der Waals surface area contributed by atoms with Crippen LogP contribution in [0.5, 0.6) is 0 Å². The van der Waals surface area contributed by atoms with Gasteiger partial charge in [0.1, 0.15) is 6.29 Å². The van der Waals surface area contributed by atoms with E-state index in [0.29, 0.717) is 5.92 Å². The van der Waals surface area contributed by atoms with Crippen molar-refractivity contribution < 1.29 is 4.79 Å². The first-order chi connectivity index (χ1) is 5.66. The Morgan fingerprint density at radius 3 is 2.33 bits per heavy atom. The van der Waals surface area contributed by atoms with E-state index in [0.717, 1.165) is 18.6 Å². The fraction of sp³-hybridized carbons (Fsp3) is 0.727. The van der Waals surface area contributed by atoms with E-state index in [4.69, 9.17) is 0 Å². The van der Waals surface area contributed by atoms with E-state index < -0.39 is 0 Å². The highest BCUT2D eigenvalue weighted by Gasteiger charge is 2.00. The molecule has 0 aliphatic carbocycles. The molecule has 0 aromatic carbocycles. The van der Waals surface area contributed by atoms with Crippen molar-refractivity contribution in [1.82, 2.24) is 0 Å². The van der Waals surface area contributed by atoms with Crippen molar-refractivity contribution in [2.45, 2.75) is 40.0 Å². The van der Waals surface area contributed by atoms with Gasteiger partial charge in [-0.1, -0.05) is 39.7 Å². The Kier molecular flexibility index (Phi) is 6.73. The summed E-state index contributed by atoms with van der Waals surface area (Å²) in [5, 5.41) is 0. The lowest BCUT2D eigenvalue weighted by Crippen LogP contribution is -1.96. The zero-order valence-corrected chi connectivity index (χ0v) is 8.42. The largest absolute Gasteiger partial charge is 0.299 e. The van der Waals surface area contributed by atoms with Crippen LogP contribution >= 0.6 is 0 Å². The standard InChI is InChI=1S/C11H20O/c1-10(2)7-8-11(3)6-4-5-9-12/h4-5,9-11H,6-8H2,1-3H3. The van der Waals surface area contributed by atoms with Gasteiger partial charge in [-0.05, 0) is 24.3 Å². The summed E-state index contributed by atoms with van der Waals surface area (Å²) in [6.45, 7) is 6.72. The van der Waals surface area contributed by atoms with E-state index in [1.54, 1.807) is 6.08 Å². The first kappa shape index (κ1) is 11.4. The molecule has 0 aliphatic heterocycles. The quantitative estimate of drug-likeness (QED) is 0.439. The second-order valence-corrected chi connectivity index (χ2v) is 3.88. The molecule has 0 bridgehead atoms. The lowest BCUT2D eigenvalue weighted by Gasteiger charge is -2.09. The molecule has 70 valence electrons. The number of aldehydes is 1. The van der Waals surface area contributed by atoms with Crippen LogP contribution in [-0.2, 0) is 4.79 Å². The van der Waals surface area contributed by atoms with Gasteiger partial charge in [0.15, 0.2) is 0 Å².